The van der Waals surface area contributed by atoms with Gasteiger partial charge in [0.05, 0.1) is 6.26 Å². The molecule has 1 aromatic heterocycles. The molecule has 0 aliphatic rings. The molecule has 0 unspecified atom stereocenters. The summed E-state index contributed by atoms with van der Waals surface area (Å²) in [6.07, 6.45) is 4.22. The van der Waals surface area contributed by atoms with Gasteiger partial charge in [-0.25, -0.2) is 4.39 Å². The van der Waals surface area contributed by atoms with Crippen LogP contribution < -0.4 is 10.6 Å². The van der Waals surface area contributed by atoms with Crippen LogP contribution in [-0.2, 0) is 12.8 Å². The third-order valence-electron chi connectivity index (χ3n) is 3.37. The van der Waals surface area contributed by atoms with Crippen LogP contribution in [0, 0.1) is 5.82 Å². The second-order valence-electron chi connectivity index (χ2n) is 5.25. The Hall–Kier alpha value is -1.57. The van der Waals surface area contributed by atoms with Crippen LogP contribution in [0.3, 0.4) is 0 Å². The summed E-state index contributed by atoms with van der Waals surface area (Å²) in [5.41, 5.74) is 1.01. The van der Waals surface area contributed by atoms with Gasteiger partial charge in [0.2, 0.25) is 0 Å². The molecule has 1 heterocycles. The van der Waals surface area contributed by atoms with Crippen LogP contribution in [0.4, 0.5) is 4.39 Å². The van der Waals surface area contributed by atoms with Crippen LogP contribution in [0.1, 0.15) is 24.7 Å². The Balaban J connectivity index is 0.00000288. The van der Waals surface area contributed by atoms with Gasteiger partial charge in [0.1, 0.15) is 11.6 Å². The van der Waals surface area contributed by atoms with Crippen molar-refractivity contribution in [2.45, 2.75) is 26.2 Å². The van der Waals surface area contributed by atoms with Crippen molar-refractivity contribution in [2.75, 3.05) is 19.6 Å². The summed E-state index contributed by atoms with van der Waals surface area (Å²) in [6.45, 7) is 4.32. The second-order valence-corrected chi connectivity index (χ2v) is 5.25. The smallest absolute Gasteiger partial charge is 0.191 e. The lowest BCUT2D eigenvalue weighted by Gasteiger charge is -2.10. The van der Waals surface area contributed by atoms with Crippen molar-refractivity contribution in [3.05, 3.63) is 59.8 Å². The first kappa shape index (κ1) is 20.5. The summed E-state index contributed by atoms with van der Waals surface area (Å²) in [7, 11) is 0. The van der Waals surface area contributed by atoms with Gasteiger partial charge >= 0.3 is 0 Å². The molecule has 2 N–H and O–H groups in total. The van der Waals surface area contributed by atoms with E-state index in [1.54, 1.807) is 18.4 Å². The van der Waals surface area contributed by atoms with Crippen molar-refractivity contribution >= 4 is 29.9 Å². The van der Waals surface area contributed by atoms with Crippen molar-refractivity contribution in [3.8, 4) is 0 Å². The van der Waals surface area contributed by atoms with Gasteiger partial charge in [-0.05, 0) is 49.6 Å². The van der Waals surface area contributed by atoms with Gasteiger partial charge in [-0.1, -0.05) is 12.1 Å². The molecule has 1 aromatic carbocycles. The zero-order valence-electron chi connectivity index (χ0n) is 13.9. The lowest BCUT2D eigenvalue weighted by Crippen LogP contribution is -2.38. The number of halogens is 2. The molecule has 0 saturated carbocycles. The molecule has 0 spiro atoms. The summed E-state index contributed by atoms with van der Waals surface area (Å²) in [6, 6.07) is 10.6. The first-order valence-electron chi connectivity index (χ1n) is 8.07. The van der Waals surface area contributed by atoms with Crippen molar-refractivity contribution < 1.29 is 8.81 Å². The largest absolute Gasteiger partial charge is 0.469 e. The van der Waals surface area contributed by atoms with Crippen LogP contribution in [0.25, 0.3) is 0 Å². The summed E-state index contributed by atoms with van der Waals surface area (Å²) < 4.78 is 18.4. The second kappa shape index (κ2) is 11.9. The van der Waals surface area contributed by atoms with Gasteiger partial charge in [-0.2, -0.15) is 0 Å². The molecule has 132 valence electrons. The Labute approximate surface area is 160 Å². The molecule has 2 aromatic rings. The highest BCUT2D eigenvalue weighted by Crippen LogP contribution is 2.06. The molecule has 2 rings (SSSR count). The van der Waals surface area contributed by atoms with Crippen molar-refractivity contribution in [1.82, 2.24) is 10.6 Å². The zero-order valence-corrected chi connectivity index (χ0v) is 16.3. The van der Waals surface area contributed by atoms with Crippen molar-refractivity contribution in [1.29, 1.82) is 0 Å². The summed E-state index contributed by atoms with van der Waals surface area (Å²) in [5.74, 6) is 1.58. The number of nitrogens with zero attached hydrogens (tertiary/aromatic N) is 1. The van der Waals surface area contributed by atoms with Crippen LogP contribution in [-0.4, -0.2) is 25.6 Å². The molecule has 0 radical (unpaired) electrons. The number of rotatable bonds is 8. The average molecular weight is 445 g/mol. The molecular weight excluding hydrogens is 420 g/mol. The highest BCUT2D eigenvalue weighted by atomic mass is 127. The molecule has 24 heavy (non-hydrogen) atoms. The van der Waals surface area contributed by atoms with Crippen LogP contribution in [0.2, 0.25) is 0 Å². The van der Waals surface area contributed by atoms with Gasteiger partial charge in [0, 0.05) is 26.1 Å². The predicted molar refractivity (Wildman–Crippen MR) is 107 cm³/mol. The molecule has 0 fully saturated rings. The number of aryl methyl sites for hydroxylation is 1. The van der Waals surface area contributed by atoms with Gasteiger partial charge in [-0.15, -0.1) is 24.0 Å². The minimum absolute atomic E-state index is 0. The maximum atomic E-state index is 13.1. The summed E-state index contributed by atoms with van der Waals surface area (Å²) >= 11 is 0. The number of hydrogen-bond acceptors (Lipinski definition) is 2. The Kier molecular flexibility index (Phi) is 10.1. The molecular formula is C18H25FIN3O. The number of aliphatic imine (C=N–C) groups is 1. The van der Waals surface area contributed by atoms with E-state index >= 15 is 0 Å². The number of benzene rings is 1. The number of guanidine groups is 1. The Morgan fingerprint density at radius 1 is 1.17 bits per heavy atom. The first-order valence-corrected chi connectivity index (χ1v) is 8.07. The van der Waals surface area contributed by atoms with Gasteiger partial charge in [-0.3, -0.25) is 4.99 Å². The van der Waals surface area contributed by atoms with Gasteiger partial charge in [0.25, 0.3) is 0 Å². The van der Waals surface area contributed by atoms with E-state index in [9.17, 15) is 4.39 Å². The normalized spacial score (nSPS) is 11.0. The van der Waals surface area contributed by atoms with Crippen LogP contribution >= 0.6 is 24.0 Å². The van der Waals surface area contributed by atoms with Crippen LogP contribution in [0.15, 0.2) is 52.1 Å². The SMILES string of the molecule is CCNC(=NCCCc1cccc(F)c1)NCCc1ccco1.I. The van der Waals surface area contributed by atoms with Gasteiger partial charge < -0.3 is 15.1 Å². The fraction of sp³-hybridized carbons (Fsp3) is 0.389. The van der Waals surface area contributed by atoms with E-state index in [1.807, 2.05) is 25.1 Å². The average Bonchev–Trinajstić information content (AvgIpc) is 3.05. The molecule has 4 nitrogen and oxygen atoms in total. The van der Waals surface area contributed by atoms with E-state index in [0.29, 0.717) is 6.54 Å². The van der Waals surface area contributed by atoms with E-state index in [2.05, 4.69) is 15.6 Å². The minimum Gasteiger partial charge on any atom is -0.469 e. The van der Waals surface area contributed by atoms with Crippen molar-refractivity contribution in [3.63, 3.8) is 0 Å². The first-order chi connectivity index (χ1) is 11.3. The van der Waals surface area contributed by atoms with Crippen LogP contribution in [0.5, 0.6) is 0 Å². The topological polar surface area (TPSA) is 49.6 Å². The molecule has 0 saturated heterocycles. The third-order valence-corrected chi connectivity index (χ3v) is 3.37. The Morgan fingerprint density at radius 2 is 2.04 bits per heavy atom. The highest BCUT2D eigenvalue weighted by Gasteiger charge is 2.00. The minimum atomic E-state index is -0.182. The number of furan rings is 1. The van der Waals surface area contributed by atoms with Crippen molar-refractivity contribution in [2.24, 2.45) is 4.99 Å². The number of hydrogen-bond donors (Lipinski definition) is 2. The molecule has 0 atom stereocenters. The molecule has 0 aliphatic carbocycles. The monoisotopic (exact) mass is 445 g/mol. The fourth-order valence-electron chi connectivity index (χ4n) is 2.27. The van der Waals surface area contributed by atoms with E-state index in [0.717, 1.165) is 49.6 Å². The predicted octanol–water partition coefficient (Wildman–Crippen LogP) is 3.77. The molecule has 0 bridgehead atoms. The lowest BCUT2D eigenvalue weighted by molar-refractivity contribution is 0.507. The maximum absolute atomic E-state index is 13.1. The van der Waals surface area contributed by atoms with E-state index < -0.39 is 0 Å². The Morgan fingerprint density at radius 3 is 2.75 bits per heavy atom. The zero-order chi connectivity index (χ0) is 16.3. The number of nitrogens with one attached hydrogen (secondary N) is 2. The summed E-state index contributed by atoms with van der Waals surface area (Å²) in [4.78, 5) is 4.54. The molecule has 0 aliphatic heterocycles. The summed E-state index contributed by atoms with van der Waals surface area (Å²) in [5, 5.41) is 6.50. The molecule has 6 heteroatoms. The maximum Gasteiger partial charge on any atom is 0.191 e. The van der Waals surface area contributed by atoms with E-state index in [4.69, 9.17) is 4.42 Å². The lowest BCUT2D eigenvalue weighted by atomic mass is 10.1. The third kappa shape index (κ3) is 7.81. The highest BCUT2D eigenvalue weighted by molar-refractivity contribution is 14.0. The quantitative estimate of drug-likeness (QED) is 0.282. The standard InChI is InChI=1S/C18H24FN3O.HI/c1-2-20-18(22-12-10-17-9-5-13-23-17)21-11-4-7-15-6-3-8-16(19)14-15;/h3,5-6,8-9,13-14H,2,4,7,10-12H2,1H3,(H2,20,21,22);1H. The van der Waals surface area contributed by atoms with E-state index in [1.165, 1.54) is 6.07 Å². The van der Waals surface area contributed by atoms with Gasteiger partial charge in [0.15, 0.2) is 5.96 Å². The fourth-order valence-corrected chi connectivity index (χ4v) is 2.27. The molecule has 0 amide bonds. The Bertz CT molecular complexity index is 602. The van der Waals surface area contributed by atoms with E-state index in [-0.39, 0.29) is 29.8 Å².